The fourth-order valence-electron chi connectivity index (χ4n) is 3.66. The quantitative estimate of drug-likeness (QED) is 0.543. The Hall–Kier alpha value is -1.70. The Bertz CT molecular complexity index is 699. The van der Waals surface area contributed by atoms with Crippen molar-refractivity contribution in [3.63, 3.8) is 0 Å². The maximum absolute atomic E-state index is 13.2. The monoisotopic (exact) mass is 392 g/mol. The molecule has 1 aromatic rings. The molecule has 0 aliphatic carbocycles. The van der Waals surface area contributed by atoms with E-state index in [0.29, 0.717) is 37.4 Å². The summed E-state index contributed by atoms with van der Waals surface area (Å²) in [5, 5.41) is 11.5. The van der Waals surface area contributed by atoms with E-state index in [1.165, 1.54) is 16.2 Å². The molecule has 1 N–H and O–H groups in total. The highest BCUT2D eigenvalue weighted by Gasteiger charge is 2.42. The van der Waals surface area contributed by atoms with Crippen molar-refractivity contribution < 1.29 is 19.4 Å². The molecule has 1 unspecified atom stereocenters. The molecule has 3 rings (SSSR count). The second kappa shape index (κ2) is 8.99. The number of rotatable bonds is 8. The molecule has 1 atom stereocenters. The number of aliphatic hydroxyl groups is 1. The Morgan fingerprint density at radius 2 is 2.15 bits per heavy atom. The Balaban J connectivity index is 1.82. The Morgan fingerprint density at radius 1 is 1.33 bits per heavy atom. The van der Waals surface area contributed by atoms with Gasteiger partial charge in [-0.25, -0.2) is 0 Å². The average molecular weight is 393 g/mol. The van der Waals surface area contributed by atoms with Crippen molar-refractivity contribution in [2.24, 2.45) is 5.92 Å². The van der Waals surface area contributed by atoms with Gasteiger partial charge in [0, 0.05) is 37.7 Å². The van der Waals surface area contributed by atoms with Crippen molar-refractivity contribution in [3.8, 4) is 0 Å². The molecule has 7 heteroatoms. The summed E-state index contributed by atoms with van der Waals surface area (Å²) in [6, 6.07) is 3.79. The number of likely N-dealkylation sites (tertiary alicyclic amines) is 1. The number of carbonyl (C=O) groups is 2. The highest BCUT2D eigenvalue weighted by Crippen LogP contribution is 2.35. The summed E-state index contributed by atoms with van der Waals surface area (Å²) in [5.41, 5.74) is 1.02. The second-order valence-electron chi connectivity index (χ2n) is 7.37. The van der Waals surface area contributed by atoms with Crippen LogP contribution < -0.4 is 0 Å². The molecular weight excluding hydrogens is 364 g/mol. The third-order valence-corrected chi connectivity index (χ3v) is 5.87. The van der Waals surface area contributed by atoms with E-state index in [1.54, 1.807) is 0 Å². The van der Waals surface area contributed by atoms with Crippen LogP contribution in [0.2, 0.25) is 0 Å². The molecule has 1 fully saturated rings. The molecular formula is C20H28N2O4S. The van der Waals surface area contributed by atoms with Gasteiger partial charge in [-0.1, -0.05) is 6.07 Å². The second-order valence-corrected chi connectivity index (χ2v) is 8.32. The Kier molecular flexibility index (Phi) is 6.68. The number of carbonyl (C=O) groups excluding carboxylic acids is 2. The number of amides is 2. The lowest BCUT2D eigenvalue weighted by molar-refractivity contribution is -0.138. The zero-order valence-electron chi connectivity index (χ0n) is 16.0. The van der Waals surface area contributed by atoms with Crippen LogP contribution in [0.5, 0.6) is 0 Å². The third kappa shape index (κ3) is 4.42. The molecule has 2 amide bonds. The normalized spacial score (nSPS) is 21.1. The highest BCUT2D eigenvalue weighted by atomic mass is 32.1. The van der Waals surface area contributed by atoms with Gasteiger partial charge in [-0.05, 0) is 50.5 Å². The number of imide groups is 1. The Morgan fingerprint density at radius 3 is 2.81 bits per heavy atom. The molecule has 0 bridgehead atoms. The van der Waals surface area contributed by atoms with E-state index in [9.17, 15) is 14.7 Å². The van der Waals surface area contributed by atoms with Crippen molar-refractivity contribution in [2.75, 3.05) is 32.8 Å². The van der Waals surface area contributed by atoms with E-state index in [4.69, 9.17) is 4.74 Å². The number of aliphatic hydroxyl groups excluding tert-OH is 1. The van der Waals surface area contributed by atoms with Crippen LogP contribution >= 0.6 is 11.3 Å². The van der Waals surface area contributed by atoms with Crippen molar-refractivity contribution in [1.29, 1.82) is 0 Å². The van der Waals surface area contributed by atoms with Gasteiger partial charge in [0.2, 0.25) is 0 Å². The summed E-state index contributed by atoms with van der Waals surface area (Å²) in [6.07, 6.45) is 2.62. The average Bonchev–Trinajstić information content (AvgIpc) is 3.26. The predicted octanol–water partition coefficient (Wildman–Crippen LogP) is 2.35. The maximum Gasteiger partial charge on any atom is 0.277 e. The lowest BCUT2D eigenvalue weighted by atomic mass is 9.98. The van der Waals surface area contributed by atoms with Crippen LogP contribution in [0.25, 0.3) is 5.57 Å². The van der Waals surface area contributed by atoms with E-state index in [-0.39, 0.29) is 30.4 Å². The van der Waals surface area contributed by atoms with Crippen molar-refractivity contribution in [1.82, 2.24) is 9.80 Å². The van der Waals surface area contributed by atoms with E-state index in [1.807, 2.05) is 36.3 Å². The molecule has 0 saturated carbocycles. The minimum Gasteiger partial charge on any atom is -0.396 e. The number of ether oxygens (including phenoxy) is 1. The van der Waals surface area contributed by atoms with Crippen LogP contribution in [0.1, 0.15) is 38.0 Å². The van der Waals surface area contributed by atoms with Gasteiger partial charge in [0.1, 0.15) is 5.70 Å². The largest absolute Gasteiger partial charge is 0.396 e. The van der Waals surface area contributed by atoms with E-state index < -0.39 is 0 Å². The molecule has 6 nitrogen and oxygen atoms in total. The first-order valence-corrected chi connectivity index (χ1v) is 10.5. The summed E-state index contributed by atoms with van der Waals surface area (Å²) in [5.74, 6) is -0.285. The molecule has 148 valence electrons. The van der Waals surface area contributed by atoms with Gasteiger partial charge < -0.3 is 14.7 Å². The lowest BCUT2D eigenvalue weighted by Crippen LogP contribution is -2.41. The molecule has 2 aliphatic rings. The van der Waals surface area contributed by atoms with Gasteiger partial charge >= 0.3 is 0 Å². The van der Waals surface area contributed by atoms with Crippen molar-refractivity contribution in [2.45, 2.75) is 39.2 Å². The summed E-state index contributed by atoms with van der Waals surface area (Å²) in [6.45, 7) is 6.28. The molecule has 0 spiro atoms. The van der Waals surface area contributed by atoms with Gasteiger partial charge in [-0.2, -0.15) is 0 Å². The SMILES string of the molecule is CC(C)OCCCN1C(=O)C(c2cccs2)=C(N2CCCC(CO)C2)C1=O. The predicted molar refractivity (Wildman–Crippen MR) is 105 cm³/mol. The summed E-state index contributed by atoms with van der Waals surface area (Å²) < 4.78 is 5.54. The first-order chi connectivity index (χ1) is 13.0. The smallest absolute Gasteiger partial charge is 0.277 e. The van der Waals surface area contributed by atoms with Crippen LogP contribution in [-0.4, -0.2) is 65.7 Å². The number of piperidine rings is 1. The van der Waals surface area contributed by atoms with Gasteiger partial charge in [0.15, 0.2) is 0 Å². The number of hydrogen-bond acceptors (Lipinski definition) is 6. The maximum atomic E-state index is 13.2. The zero-order chi connectivity index (χ0) is 19.4. The van der Waals surface area contributed by atoms with Gasteiger partial charge in [0.05, 0.1) is 11.7 Å². The van der Waals surface area contributed by atoms with Crippen LogP contribution in [0.15, 0.2) is 23.2 Å². The van der Waals surface area contributed by atoms with E-state index in [2.05, 4.69) is 0 Å². The van der Waals surface area contributed by atoms with E-state index in [0.717, 1.165) is 24.3 Å². The fourth-order valence-corrected chi connectivity index (χ4v) is 4.42. The van der Waals surface area contributed by atoms with Crippen LogP contribution in [0.3, 0.4) is 0 Å². The summed E-state index contributed by atoms with van der Waals surface area (Å²) in [7, 11) is 0. The number of thiophene rings is 1. The van der Waals surface area contributed by atoms with Gasteiger partial charge in [-0.15, -0.1) is 11.3 Å². The van der Waals surface area contributed by atoms with E-state index >= 15 is 0 Å². The molecule has 3 heterocycles. The van der Waals surface area contributed by atoms with Crippen molar-refractivity contribution >= 4 is 28.7 Å². The lowest BCUT2D eigenvalue weighted by Gasteiger charge is -2.34. The third-order valence-electron chi connectivity index (χ3n) is 4.98. The van der Waals surface area contributed by atoms with Crippen molar-refractivity contribution in [3.05, 3.63) is 28.1 Å². The Labute approximate surface area is 164 Å². The standard InChI is InChI=1S/C20H28N2O4S/c1-14(2)26-10-5-9-22-19(24)17(16-7-4-11-27-16)18(20(22)25)21-8-3-6-15(12-21)13-23/h4,7,11,14-15,23H,3,5-6,8-10,12-13H2,1-2H3. The molecule has 0 radical (unpaired) electrons. The fraction of sp³-hybridized carbons (Fsp3) is 0.600. The van der Waals surface area contributed by atoms with Crippen LogP contribution in [0, 0.1) is 5.92 Å². The first-order valence-electron chi connectivity index (χ1n) is 9.64. The minimum absolute atomic E-state index is 0.108. The molecule has 1 saturated heterocycles. The molecule has 2 aliphatic heterocycles. The van der Waals surface area contributed by atoms with Crippen LogP contribution in [-0.2, 0) is 14.3 Å². The number of hydrogen-bond donors (Lipinski definition) is 1. The number of nitrogens with zero attached hydrogens (tertiary/aromatic N) is 2. The molecule has 0 aromatic carbocycles. The molecule has 27 heavy (non-hydrogen) atoms. The highest BCUT2D eigenvalue weighted by molar-refractivity contribution is 7.11. The minimum atomic E-state index is -0.216. The topological polar surface area (TPSA) is 70.1 Å². The van der Waals surface area contributed by atoms with Gasteiger partial charge in [0.25, 0.3) is 11.8 Å². The summed E-state index contributed by atoms with van der Waals surface area (Å²) in [4.78, 5) is 30.4. The van der Waals surface area contributed by atoms with Crippen LogP contribution in [0.4, 0.5) is 0 Å². The zero-order valence-corrected chi connectivity index (χ0v) is 16.8. The first kappa shape index (κ1) is 20.0. The van der Waals surface area contributed by atoms with Gasteiger partial charge in [-0.3, -0.25) is 14.5 Å². The summed E-state index contributed by atoms with van der Waals surface area (Å²) >= 11 is 1.48. The molecule has 1 aromatic heterocycles.